The molecule has 0 spiro atoms. The van der Waals surface area contributed by atoms with Crippen molar-refractivity contribution >= 4 is 29.0 Å². The monoisotopic (exact) mass is 273 g/mol. The first kappa shape index (κ1) is 14.5. The summed E-state index contributed by atoms with van der Waals surface area (Å²) in [6, 6.07) is 5.15. The van der Waals surface area contributed by atoms with E-state index in [2.05, 4.69) is 0 Å². The van der Waals surface area contributed by atoms with Crippen LogP contribution in [0.3, 0.4) is 0 Å². The number of benzene rings is 1. The van der Waals surface area contributed by atoms with E-state index in [1.165, 1.54) is 0 Å². The smallest absolute Gasteiger partial charge is 0.141 e. The number of hydrogen-bond acceptors (Lipinski definition) is 2. The Hall–Kier alpha value is -0.570. The van der Waals surface area contributed by atoms with Crippen LogP contribution in [0.15, 0.2) is 18.2 Å². The minimum Gasteiger partial charge on any atom is -0.330 e. The molecule has 0 radical (unpaired) electrons. The van der Waals surface area contributed by atoms with Crippen molar-refractivity contribution in [2.45, 2.75) is 20.3 Å². The van der Waals surface area contributed by atoms with Gasteiger partial charge in [-0.1, -0.05) is 37.0 Å². The van der Waals surface area contributed by atoms with Gasteiger partial charge in [-0.3, -0.25) is 4.79 Å². The molecule has 0 amide bonds. The Labute approximate surface area is 112 Å². The molecule has 2 N–H and O–H groups in total. The zero-order valence-corrected chi connectivity index (χ0v) is 11.6. The predicted molar refractivity (Wildman–Crippen MR) is 72.6 cm³/mol. The second-order valence-corrected chi connectivity index (χ2v) is 5.31. The summed E-state index contributed by atoms with van der Waals surface area (Å²) in [7, 11) is 0. The number of carbonyl (C=O) groups excluding carboxylic acids is 1. The summed E-state index contributed by atoms with van der Waals surface area (Å²) in [5, 5.41) is 1.16. The van der Waals surface area contributed by atoms with Crippen molar-refractivity contribution in [3.8, 4) is 0 Å². The Balaban J connectivity index is 2.83. The SMILES string of the molecule is CC(C)C(CN)C(=O)Cc1cc(Cl)ccc1Cl. The molecule has 0 aliphatic heterocycles. The molecule has 94 valence electrons. The van der Waals surface area contributed by atoms with Crippen LogP contribution in [0.2, 0.25) is 10.0 Å². The van der Waals surface area contributed by atoms with Crippen molar-refractivity contribution in [2.75, 3.05) is 6.54 Å². The summed E-state index contributed by atoms with van der Waals surface area (Å²) in [5.74, 6) is 0.238. The second kappa shape index (κ2) is 6.39. The Bertz CT molecular complexity index is 404. The zero-order valence-electron chi connectivity index (χ0n) is 10.0. The quantitative estimate of drug-likeness (QED) is 0.894. The van der Waals surface area contributed by atoms with Gasteiger partial charge in [-0.15, -0.1) is 0 Å². The molecule has 0 heterocycles. The van der Waals surface area contributed by atoms with Gasteiger partial charge in [-0.2, -0.15) is 0 Å². The third-order valence-corrected chi connectivity index (χ3v) is 3.45. The van der Waals surface area contributed by atoms with Crippen LogP contribution in [-0.4, -0.2) is 12.3 Å². The van der Waals surface area contributed by atoms with E-state index in [9.17, 15) is 4.79 Å². The van der Waals surface area contributed by atoms with Crippen LogP contribution < -0.4 is 5.73 Å². The van der Waals surface area contributed by atoms with Crippen LogP contribution >= 0.6 is 23.2 Å². The van der Waals surface area contributed by atoms with Gasteiger partial charge in [0.1, 0.15) is 5.78 Å². The largest absolute Gasteiger partial charge is 0.330 e. The standard InChI is InChI=1S/C13H17Cl2NO/c1-8(2)11(7-16)13(17)6-9-5-10(14)3-4-12(9)15/h3-5,8,11H,6-7,16H2,1-2H3. The summed E-state index contributed by atoms with van der Waals surface area (Å²) < 4.78 is 0. The van der Waals surface area contributed by atoms with E-state index in [0.717, 1.165) is 5.56 Å². The second-order valence-electron chi connectivity index (χ2n) is 4.47. The summed E-state index contributed by atoms with van der Waals surface area (Å²) in [4.78, 5) is 12.1. The van der Waals surface area contributed by atoms with Crippen LogP contribution in [0.1, 0.15) is 19.4 Å². The van der Waals surface area contributed by atoms with Crippen molar-refractivity contribution in [2.24, 2.45) is 17.6 Å². The van der Waals surface area contributed by atoms with Crippen molar-refractivity contribution in [1.82, 2.24) is 0 Å². The first-order valence-corrected chi connectivity index (χ1v) is 6.38. The molecular formula is C13H17Cl2NO. The maximum atomic E-state index is 12.1. The maximum absolute atomic E-state index is 12.1. The maximum Gasteiger partial charge on any atom is 0.141 e. The van der Waals surface area contributed by atoms with Crippen LogP contribution in [0, 0.1) is 11.8 Å². The fourth-order valence-electron chi connectivity index (χ4n) is 1.77. The van der Waals surface area contributed by atoms with Crippen molar-refractivity contribution in [1.29, 1.82) is 0 Å². The molecule has 1 atom stereocenters. The molecule has 0 saturated heterocycles. The average Bonchev–Trinajstić information content (AvgIpc) is 2.24. The molecule has 17 heavy (non-hydrogen) atoms. The lowest BCUT2D eigenvalue weighted by atomic mass is 9.88. The lowest BCUT2D eigenvalue weighted by Gasteiger charge is -2.17. The highest BCUT2D eigenvalue weighted by molar-refractivity contribution is 6.33. The highest BCUT2D eigenvalue weighted by atomic mass is 35.5. The number of Topliss-reactive ketones (excluding diaryl/α,β-unsaturated/α-hetero) is 1. The summed E-state index contributed by atoms with van der Waals surface area (Å²) in [6.07, 6.45) is 0.291. The van der Waals surface area contributed by atoms with Crippen LogP contribution in [-0.2, 0) is 11.2 Å². The normalized spacial score (nSPS) is 12.8. The van der Waals surface area contributed by atoms with E-state index in [4.69, 9.17) is 28.9 Å². The number of hydrogen-bond donors (Lipinski definition) is 1. The summed E-state index contributed by atoms with van der Waals surface area (Å²) in [5.41, 5.74) is 6.38. The van der Waals surface area contributed by atoms with E-state index >= 15 is 0 Å². The fourth-order valence-corrected chi connectivity index (χ4v) is 2.15. The van der Waals surface area contributed by atoms with Crippen LogP contribution in [0.25, 0.3) is 0 Å². The van der Waals surface area contributed by atoms with E-state index < -0.39 is 0 Å². The van der Waals surface area contributed by atoms with Gasteiger partial charge in [0.05, 0.1) is 0 Å². The number of nitrogens with two attached hydrogens (primary N) is 1. The van der Waals surface area contributed by atoms with Gasteiger partial charge in [-0.25, -0.2) is 0 Å². The highest BCUT2D eigenvalue weighted by Crippen LogP contribution is 2.23. The van der Waals surface area contributed by atoms with Gasteiger partial charge in [0.25, 0.3) is 0 Å². The molecule has 0 aliphatic carbocycles. The van der Waals surface area contributed by atoms with E-state index in [1.54, 1.807) is 18.2 Å². The summed E-state index contributed by atoms with van der Waals surface area (Å²) in [6.45, 7) is 4.36. The van der Waals surface area contributed by atoms with Crippen molar-refractivity contribution in [3.05, 3.63) is 33.8 Å². The summed E-state index contributed by atoms with van der Waals surface area (Å²) >= 11 is 11.9. The molecule has 1 aromatic rings. The number of carbonyl (C=O) groups is 1. The lowest BCUT2D eigenvalue weighted by Crippen LogP contribution is -2.29. The molecule has 0 saturated carbocycles. The van der Waals surface area contributed by atoms with E-state index in [1.807, 2.05) is 13.8 Å². The zero-order chi connectivity index (χ0) is 13.0. The molecule has 4 heteroatoms. The fraction of sp³-hybridized carbons (Fsp3) is 0.462. The Morgan fingerprint density at radius 2 is 2.00 bits per heavy atom. The van der Waals surface area contributed by atoms with Gasteiger partial charge in [0.2, 0.25) is 0 Å². The van der Waals surface area contributed by atoms with Crippen LogP contribution in [0.5, 0.6) is 0 Å². The third kappa shape index (κ3) is 3.98. The molecule has 0 fully saturated rings. The molecule has 0 aliphatic rings. The van der Waals surface area contributed by atoms with Gasteiger partial charge >= 0.3 is 0 Å². The van der Waals surface area contributed by atoms with E-state index in [-0.39, 0.29) is 17.6 Å². The Kier molecular flexibility index (Phi) is 5.44. The molecule has 1 rings (SSSR count). The highest BCUT2D eigenvalue weighted by Gasteiger charge is 2.21. The van der Waals surface area contributed by atoms with Crippen molar-refractivity contribution < 1.29 is 4.79 Å². The van der Waals surface area contributed by atoms with Gasteiger partial charge in [0, 0.05) is 28.9 Å². The van der Waals surface area contributed by atoms with Crippen molar-refractivity contribution in [3.63, 3.8) is 0 Å². The molecule has 1 aromatic carbocycles. The first-order valence-electron chi connectivity index (χ1n) is 5.62. The number of halogens is 2. The lowest BCUT2D eigenvalue weighted by molar-refractivity contribution is -0.123. The molecule has 0 aromatic heterocycles. The molecule has 0 bridgehead atoms. The molecular weight excluding hydrogens is 257 g/mol. The third-order valence-electron chi connectivity index (χ3n) is 2.84. The molecule has 2 nitrogen and oxygen atoms in total. The minimum absolute atomic E-state index is 0.117. The predicted octanol–water partition coefficient (Wildman–Crippen LogP) is 3.34. The first-order chi connectivity index (χ1) is 7.95. The van der Waals surface area contributed by atoms with Gasteiger partial charge in [-0.05, 0) is 29.7 Å². The Morgan fingerprint density at radius 3 is 2.53 bits per heavy atom. The number of rotatable bonds is 5. The number of ketones is 1. The van der Waals surface area contributed by atoms with E-state index in [0.29, 0.717) is 23.0 Å². The Morgan fingerprint density at radius 1 is 1.35 bits per heavy atom. The average molecular weight is 274 g/mol. The topological polar surface area (TPSA) is 43.1 Å². The molecule has 1 unspecified atom stereocenters. The van der Waals surface area contributed by atoms with Gasteiger partial charge in [0.15, 0.2) is 0 Å². The van der Waals surface area contributed by atoms with Crippen LogP contribution in [0.4, 0.5) is 0 Å². The van der Waals surface area contributed by atoms with Gasteiger partial charge < -0.3 is 5.73 Å². The minimum atomic E-state index is -0.120.